The number of anilines is 1. The van der Waals surface area contributed by atoms with E-state index in [0.717, 1.165) is 30.7 Å². The number of piperidine rings is 1. The van der Waals surface area contributed by atoms with E-state index < -0.39 is 5.60 Å². The highest BCUT2D eigenvalue weighted by atomic mass is 79.9. The predicted octanol–water partition coefficient (Wildman–Crippen LogP) is 2.48. The van der Waals surface area contributed by atoms with Gasteiger partial charge in [0, 0.05) is 42.4 Å². The van der Waals surface area contributed by atoms with Crippen LogP contribution in [0.5, 0.6) is 0 Å². The molecular weight excluding hydrogens is 304 g/mol. The maximum Gasteiger partial charge on any atom is 0.0872 e. The monoisotopic (exact) mass is 324 g/mol. The smallest absolute Gasteiger partial charge is 0.0872 e. The van der Waals surface area contributed by atoms with Gasteiger partial charge in [-0.05, 0) is 44.0 Å². The molecule has 0 spiro atoms. The van der Waals surface area contributed by atoms with Crippen LogP contribution in [0.3, 0.4) is 0 Å². The van der Waals surface area contributed by atoms with Gasteiger partial charge in [0.2, 0.25) is 0 Å². The summed E-state index contributed by atoms with van der Waals surface area (Å²) < 4.78 is 1.13. The number of hydrogen-bond donors (Lipinski definition) is 1. The molecule has 4 heteroatoms. The number of β-amino-alcohol motifs (C(OH)–C–C–N with tert-alkyl or cyclic N) is 1. The minimum absolute atomic E-state index is 0.442. The van der Waals surface area contributed by atoms with Crippen molar-refractivity contribution in [1.82, 2.24) is 4.90 Å². The third-order valence-electron chi connectivity index (χ3n) is 4.26. The van der Waals surface area contributed by atoms with E-state index in [0.29, 0.717) is 6.04 Å². The number of rotatable bonds is 2. The Morgan fingerprint density at radius 2 is 1.74 bits per heavy atom. The van der Waals surface area contributed by atoms with Crippen LogP contribution in [-0.4, -0.2) is 47.8 Å². The Morgan fingerprint density at radius 3 is 2.26 bits per heavy atom. The summed E-state index contributed by atoms with van der Waals surface area (Å²) in [5, 5.41) is 9.81. The zero-order valence-electron chi connectivity index (χ0n) is 11.3. The van der Waals surface area contributed by atoms with Gasteiger partial charge >= 0.3 is 0 Å². The van der Waals surface area contributed by atoms with Crippen LogP contribution >= 0.6 is 15.9 Å². The quantitative estimate of drug-likeness (QED) is 0.905. The second-order valence-electron chi connectivity index (χ2n) is 6.10. The van der Waals surface area contributed by atoms with Gasteiger partial charge in [-0.1, -0.05) is 15.9 Å². The van der Waals surface area contributed by atoms with E-state index in [1.807, 2.05) is 6.92 Å². The molecule has 0 aromatic heterocycles. The lowest BCUT2D eigenvalue weighted by Gasteiger charge is -2.50. The molecule has 2 heterocycles. The first-order valence-corrected chi connectivity index (χ1v) is 7.80. The first-order chi connectivity index (χ1) is 9.03. The molecular formula is C15H21BrN2O. The molecule has 2 saturated heterocycles. The zero-order chi connectivity index (χ0) is 13.5. The third-order valence-corrected chi connectivity index (χ3v) is 4.79. The zero-order valence-corrected chi connectivity index (χ0v) is 12.9. The van der Waals surface area contributed by atoms with Crippen molar-refractivity contribution >= 4 is 21.6 Å². The van der Waals surface area contributed by atoms with Crippen LogP contribution in [0.4, 0.5) is 5.69 Å². The van der Waals surface area contributed by atoms with E-state index in [1.165, 1.54) is 18.5 Å². The summed E-state index contributed by atoms with van der Waals surface area (Å²) in [5.41, 5.74) is 0.875. The van der Waals surface area contributed by atoms with Gasteiger partial charge < -0.3 is 10.0 Å². The highest BCUT2D eigenvalue weighted by Crippen LogP contribution is 2.29. The van der Waals surface area contributed by atoms with E-state index in [9.17, 15) is 5.11 Å². The van der Waals surface area contributed by atoms with Gasteiger partial charge in [-0.2, -0.15) is 0 Å². The Kier molecular flexibility index (Phi) is 3.58. The summed E-state index contributed by atoms with van der Waals surface area (Å²) in [6.07, 6.45) is 2.40. The van der Waals surface area contributed by atoms with E-state index in [-0.39, 0.29) is 0 Å². The second kappa shape index (κ2) is 5.08. The van der Waals surface area contributed by atoms with Gasteiger partial charge in [0.1, 0.15) is 0 Å². The van der Waals surface area contributed by atoms with Crippen molar-refractivity contribution in [3.63, 3.8) is 0 Å². The van der Waals surface area contributed by atoms with Crippen molar-refractivity contribution in [2.45, 2.75) is 31.4 Å². The molecule has 0 atom stereocenters. The summed E-state index contributed by atoms with van der Waals surface area (Å²) in [4.78, 5) is 4.89. The molecule has 1 aromatic carbocycles. The first kappa shape index (κ1) is 13.4. The molecule has 2 aliphatic rings. The number of benzene rings is 1. The summed E-state index contributed by atoms with van der Waals surface area (Å²) in [6.45, 7) is 5.85. The highest BCUT2D eigenvalue weighted by Gasteiger charge is 2.40. The van der Waals surface area contributed by atoms with Gasteiger partial charge in [0.25, 0.3) is 0 Å². The molecule has 3 rings (SSSR count). The van der Waals surface area contributed by atoms with Crippen molar-refractivity contribution in [2.75, 3.05) is 31.1 Å². The third kappa shape index (κ3) is 2.96. The van der Waals surface area contributed by atoms with E-state index in [1.54, 1.807) is 0 Å². The molecule has 0 aliphatic carbocycles. The SMILES string of the molecule is CC1(O)CN(C2CCN(c3ccc(Br)cc3)CC2)C1. The van der Waals surface area contributed by atoms with Crippen LogP contribution in [0.1, 0.15) is 19.8 Å². The number of halogens is 1. The van der Waals surface area contributed by atoms with Gasteiger partial charge in [-0.25, -0.2) is 0 Å². The minimum Gasteiger partial charge on any atom is -0.388 e. The molecule has 1 aromatic rings. The largest absolute Gasteiger partial charge is 0.388 e. The Hall–Kier alpha value is -0.580. The van der Waals surface area contributed by atoms with Crippen LogP contribution in [-0.2, 0) is 0 Å². The Labute approximate surface area is 123 Å². The average Bonchev–Trinajstić information content (AvgIpc) is 2.37. The second-order valence-corrected chi connectivity index (χ2v) is 7.01. The topological polar surface area (TPSA) is 26.7 Å². The standard InChI is InChI=1S/C15H21BrN2O/c1-15(19)10-18(11-15)14-6-8-17(9-7-14)13-4-2-12(16)3-5-13/h2-5,14,19H,6-11H2,1H3. The van der Waals surface area contributed by atoms with Gasteiger partial charge in [0.05, 0.1) is 5.60 Å². The van der Waals surface area contributed by atoms with Crippen LogP contribution in [0.25, 0.3) is 0 Å². The van der Waals surface area contributed by atoms with E-state index in [2.05, 4.69) is 50.0 Å². The Morgan fingerprint density at radius 1 is 1.16 bits per heavy atom. The molecule has 1 N–H and O–H groups in total. The van der Waals surface area contributed by atoms with Crippen molar-refractivity contribution in [1.29, 1.82) is 0 Å². The van der Waals surface area contributed by atoms with Crippen LogP contribution < -0.4 is 4.90 Å². The van der Waals surface area contributed by atoms with Crippen LogP contribution in [0.15, 0.2) is 28.7 Å². The maximum atomic E-state index is 9.81. The number of nitrogens with zero attached hydrogens (tertiary/aromatic N) is 2. The predicted molar refractivity (Wildman–Crippen MR) is 81.6 cm³/mol. The summed E-state index contributed by atoms with van der Waals surface area (Å²) >= 11 is 3.48. The van der Waals surface area contributed by atoms with Crippen molar-refractivity contribution in [3.8, 4) is 0 Å². The number of likely N-dealkylation sites (tertiary alicyclic amines) is 1. The normalized spacial score (nSPS) is 24.3. The Balaban J connectivity index is 1.54. The maximum absolute atomic E-state index is 9.81. The van der Waals surface area contributed by atoms with Crippen LogP contribution in [0.2, 0.25) is 0 Å². The molecule has 0 amide bonds. The van der Waals surface area contributed by atoms with Crippen molar-refractivity contribution in [2.24, 2.45) is 0 Å². The van der Waals surface area contributed by atoms with Crippen molar-refractivity contribution < 1.29 is 5.11 Å². The van der Waals surface area contributed by atoms with E-state index in [4.69, 9.17) is 0 Å². The first-order valence-electron chi connectivity index (χ1n) is 7.00. The van der Waals surface area contributed by atoms with Crippen molar-refractivity contribution in [3.05, 3.63) is 28.7 Å². The molecule has 2 fully saturated rings. The molecule has 0 unspecified atom stereocenters. The van der Waals surface area contributed by atoms with Crippen LogP contribution in [0, 0.1) is 0 Å². The van der Waals surface area contributed by atoms with E-state index >= 15 is 0 Å². The fourth-order valence-corrected chi connectivity index (χ4v) is 3.49. The molecule has 104 valence electrons. The lowest BCUT2D eigenvalue weighted by molar-refractivity contribution is -0.105. The fraction of sp³-hybridized carbons (Fsp3) is 0.600. The number of aliphatic hydroxyl groups is 1. The average molecular weight is 325 g/mol. The fourth-order valence-electron chi connectivity index (χ4n) is 3.23. The highest BCUT2D eigenvalue weighted by molar-refractivity contribution is 9.10. The lowest BCUT2D eigenvalue weighted by Crippen LogP contribution is -2.64. The number of hydrogen-bond acceptors (Lipinski definition) is 3. The lowest BCUT2D eigenvalue weighted by atomic mass is 9.91. The van der Waals surface area contributed by atoms with Gasteiger partial charge in [-0.3, -0.25) is 4.90 Å². The molecule has 0 radical (unpaired) electrons. The minimum atomic E-state index is -0.442. The van der Waals surface area contributed by atoms with Gasteiger partial charge in [0.15, 0.2) is 0 Å². The summed E-state index contributed by atoms with van der Waals surface area (Å²) in [7, 11) is 0. The summed E-state index contributed by atoms with van der Waals surface area (Å²) in [6, 6.07) is 9.23. The summed E-state index contributed by atoms with van der Waals surface area (Å²) in [5.74, 6) is 0. The molecule has 3 nitrogen and oxygen atoms in total. The molecule has 0 bridgehead atoms. The molecule has 0 saturated carbocycles. The molecule has 19 heavy (non-hydrogen) atoms. The molecule has 2 aliphatic heterocycles. The Bertz CT molecular complexity index is 430. The van der Waals surface area contributed by atoms with Gasteiger partial charge in [-0.15, -0.1) is 0 Å².